The molecule has 0 spiro atoms. The van der Waals surface area contributed by atoms with Gasteiger partial charge in [-0.3, -0.25) is 0 Å². The molecule has 2 aromatic rings. The zero-order valence-corrected chi connectivity index (χ0v) is 12.8. The van der Waals surface area contributed by atoms with Crippen molar-refractivity contribution >= 4 is 5.95 Å². The fourth-order valence-corrected chi connectivity index (χ4v) is 2.89. The lowest BCUT2D eigenvalue weighted by Crippen LogP contribution is -2.17. The molecule has 1 aromatic heterocycles. The second kappa shape index (κ2) is 4.97. The van der Waals surface area contributed by atoms with Crippen LogP contribution in [0.4, 0.5) is 5.95 Å². The Morgan fingerprint density at radius 1 is 1.25 bits per heavy atom. The number of imidazole rings is 1. The summed E-state index contributed by atoms with van der Waals surface area (Å²) in [6.07, 6.45) is 1.18. The Morgan fingerprint density at radius 3 is 2.75 bits per heavy atom. The Morgan fingerprint density at radius 2 is 2.05 bits per heavy atom. The van der Waals surface area contributed by atoms with Crippen molar-refractivity contribution < 1.29 is 0 Å². The quantitative estimate of drug-likeness (QED) is 0.889. The molecule has 0 amide bonds. The average Bonchev–Trinajstić information content (AvgIpc) is 2.77. The van der Waals surface area contributed by atoms with Gasteiger partial charge >= 0.3 is 0 Å². The highest BCUT2D eigenvalue weighted by atomic mass is 15.2. The van der Waals surface area contributed by atoms with E-state index in [2.05, 4.69) is 55.8 Å². The maximum Gasteiger partial charge on any atom is 0.203 e. The van der Waals surface area contributed by atoms with Crippen LogP contribution >= 0.6 is 0 Å². The monoisotopic (exact) mass is 269 g/mol. The molecule has 1 aromatic carbocycles. The predicted molar refractivity (Wildman–Crippen MR) is 84.3 cm³/mol. The van der Waals surface area contributed by atoms with E-state index in [9.17, 15) is 0 Å². The molecule has 20 heavy (non-hydrogen) atoms. The number of hydrogen-bond donors (Lipinski definition) is 1. The molecule has 1 N–H and O–H groups in total. The van der Waals surface area contributed by atoms with Crippen LogP contribution < -0.4 is 5.32 Å². The van der Waals surface area contributed by atoms with Gasteiger partial charge in [0.2, 0.25) is 5.95 Å². The molecule has 1 aliphatic heterocycles. The fraction of sp³-hybridized carbons (Fsp3) is 0.471. The topological polar surface area (TPSA) is 29.9 Å². The number of nitrogens with one attached hydrogen (secondary N) is 1. The van der Waals surface area contributed by atoms with Crippen molar-refractivity contribution in [3.05, 3.63) is 35.0 Å². The van der Waals surface area contributed by atoms with Gasteiger partial charge in [0.15, 0.2) is 0 Å². The van der Waals surface area contributed by atoms with Gasteiger partial charge < -0.3 is 9.88 Å². The number of benzene rings is 1. The number of fused-ring (bicyclic) bond motifs is 1. The van der Waals surface area contributed by atoms with E-state index >= 15 is 0 Å². The third kappa shape index (κ3) is 2.11. The van der Waals surface area contributed by atoms with Gasteiger partial charge in [-0.25, -0.2) is 4.98 Å². The van der Waals surface area contributed by atoms with E-state index in [-0.39, 0.29) is 0 Å². The van der Waals surface area contributed by atoms with Gasteiger partial charge in [0, 0.05) is 24.3 Å². The molecule has 0 fully saturated rings. The molecule has 0 atom stereocenters. The van der Waals surface area contributed by atoms with E-state index in [0.717, 1.165) is 24.7 Å². The summed E-state index contributed by atoms with van der Waals surface area (Å²) in [5, 5.41) is 3.40. The first-order chi connectivity index (χ1) is 9.58. The van der Waals surface area contributed by atoms with Gasteiger partial charge in [-0.05, 0) is 43.4 Å². The SMILES string of the molecule is Cc1ccc(C(C)C)cc1-c1nc2n(c1C)CCCN2. The van der Waals surface area contributed by atoms with Gasteiger partial charge in [-0.1, -0.05) is 26.0 Å². The first-order valence-electron chi connectivity index (χ1n) is 7.50. The number of nitrogens with zero attached hydrogens (tertiary/aromatic N) is 2. The number of rotatable bonds is 2. The van der Waals surface area contributed by atoms with E-state index < -0.39 is 0 Å². The average molecular weight is 269 g/mol. The van der Waals surface area contributed by atoms with Crippen LogP contribution in [0.3, 0.4) is 0 Å². The molecular formula is C17H23N3. The third-order valence-corrected chi connectivity index (χ3v) is 4.25. The van der Waals surface area contributed by atoms with Gasteiger partial charge in [0.1, 0.15) is 0 Å². The normalized spacial score (nSPS) is 14.2. The number of aromatic nitrogens is 2. The molecule has 3 heteroatoms. The predicted octanol–water partition coefficient (Wildman–Crippen LogP) is 4.11. The summed E-state index contributed by atoms with van der Waals surface area (Å²) in [7, 11) is 0. The Labute approximate surface area is 121 Å². The molecule has 0 aliphatic carbocycles. The van der Waals surface area contributed by atoms with Crippen molar-refractivity contribution in [2.75, 3.05) is 11.9 Å². The Balaban J connectivity index is 2.13. The second-order valence-electron chi connectivity index (χ2n) is 6.03. The largest absolute Gasteiger partial charge is 0.356 e. The van der Waals surface area contributed by atoms with Crippen molar-refractivity contribution in [3.63, 3.8) is 0 Å². The van der Waals surface area contributed by atoms with Crippen LogP contribution in [0.25, 0.3) is 11.3 Å². The van der Waals surface area contributed by atoms with Crippen LogP contribution in [-0.2, 0) is 6.54 Å². The molecule has 0 saturated heterocycles. The molecule has 2 heterocycles. The lowest BCUT2D eigenvalue weighted by Gasteiger charge is -2.16. The minimum atomic E-state index is 0.546. The van der Waals surface area contributed by atoms with E-state index in [1.54, 1.807) is 0 Å². The molecular weight excluding hydrogens is 246 g/mol. The van der Waals surface area contributed by atoms with Gasteiger partial charge in [-0.15, -0.1) is 0 Å². The van der Waals surface area contributed by atoms with Crippen LogP contribution in [0.15, 0.2) is 18.2 Å². The minimum Gasteiger partial charge on any atom is -0.356 e. The lowest BCUT2D eigenvalue weighted by atomic mass is 9.96. The first-order valence-corrected chi connectivity index (χ1v) is 7.50. The number of hydrogen-bond acceptors (Lipinski definition) is 2. The molecule has 3 nitrogen and oxygen atoms in total. The summed E-state index contributed by atoms with van der Waals surface area (Å²) in [6, 6.07) is 6.75. The van der Waals surface area contributed by atoms with Crippen LogP contribution in [0.1, 0.15) is 43.0 Å². The molecule has 1 aliphatic rings. The van der Waals surface area contributed by atoms with Crippen LogP contribution in [0.5, 0.6) is 0 Å². The maximum absolute atomic E-state index is 4.83. The third-order valence-electron chi connectivity index (χ3n) is 4.25. The zero-order valence-electron chi connectivity index (χ0n) is 12.8. The Bertz CT molecular complexity index is 638. The van der Waals surface area contributed by atoms with Crippen LogP contribution in [0, 0.1) is 13.8 Å². The molecule has 0 saturated carbocycles. The second-order valence-corrected chi connectivity index (χ2v) is 6.03. The summed E-state index contributed by atoms with van der Waals surface area (Å²) >= 11 is 0. The Kier molecular flexibility index (Phi) is 3.28. The highest BCUT2D eigenvalue weighted by Crippen LogP contribution is 2.32. The van der Waals surface area contributed by atoms with Gasteiger partial charge in [0.25, 0.3) is 0 Å². The lowest BCUT2D eigenvalue weighted by molar-refractivity contribution is 0.615. The minimum absolute atomic E-state index is 0.546. The Hall–Kier alpha value is -1.77. The van der Waals surface area contributed by atoms with E-state index in [1.807, 2.05) is 0 Å². The summed E-state index contributed by atoms with van der Waals surface area (Å²) < 4.78 is 2.31. The van der Waals surface area contributed by atoms with Crippen molar-refractivity contribution in [1.82, 2.24) is 9.55 Å². The van der Waals surface area contributed by atoms with E-state index in [0.29, 0.717) is 5.92 Å². The molecule has 0 bridgehead atoms. The van der Waals surface area contributed by atoms with Gasteiger partial charge in [0.05, 0.1) is 5.69 Å². The van der Waals surface area contributed by atoms with E-state index in [4.69, 9.17) is 4.98 Å². The van der Waals surface area contributed by atoms with Gasteiger partial charge in [-0.2, -0.15) is 0 Å². The highest BCUT2D eigenvalue weighted by Gasteiger charge is 2.19. The van der Waals surface area contributed by atoms with Crippen LogP contribution in [-0.4, -0.2) is 16.1 Å². The van der Waals surface area contributed by atoms with Crippen LogP contribution in [0.2, 0.25) is 0 Å². The molecule has 106 valence electrons. The number of aryl methyl sites for hydroxylation is 1. The zero-order chi connectivity index (χ0) is 14.3. The standard InChI is InChI=1S/C17H23N3/c1-11(2)14-7-6-12(3)15(10-14)16-13(4)20-9-5-8-18-17(20)19-16/h6-7,10-11H,5,8-9H2,1-4H3,(H,18,19). The fourth-order valence-electron chi connectivity index (χ4n) is 2.89. The summed E-state index contributed by atoms with van der Waals surface area (Å²) in [5.41, 5.74) is 6.36. The molecule has 3 rings (SSSR count). The van der Waals surface area contributed by atoms with Crippen molar-refractivity contribution in [2.24, 2.45) is 0 Å². The molecule has 0 radical (unpaired) electrons. The summed E-state index contributed by atoms with van der Waals surface area (Å²) in [6.45, 7) is 10.9. The van der Waals surface area contributed by atoms with Crippen molar-refractivity contribution in [3.8, 4) is 11.3 Å². The van der Waals surface area contributed by atoms with Crippen molar-refractivity contribution in [2.45, 2.75) is 46.6 Å². The first kappa shape index (κ1) is 13.2. The number of anilines is 1. The smallest absolute Gasteiger partial charge is 0.203 e. The maximum atomic E-state index is 4.83. The summed E-state index contributed by atoms with van der Waals surface area (Å²) in [5.74, 6) is 1.57. The van der Waals surface area contributed by atoms with E-state index in [1.165, 1.54) is 28.8 Å². The summed E-state index contributed by atoms with van der Waals surface area (Å²) in [4.78, 5) is 4.83. The molecule has 0 unspecified atom stereocenters. The highest BCUT2D eigenvalue weighted by molar-refractivity contribution is 5.69. The van der Waals surface area contributed by atoms with Crippen molar-refractivity contribution in [1.29, 1.82) is 0 Å².